The molecular weight excluding hydrogens is 321 g/mol. The minimum absolute atomic E-state index is 0.169. The topological polar surface area (TPSA) is 29.9 Å². The highest BCUT2D eigenvalue weighted by molar-refractivity contribution is 9.10. The lowest BCUT2D eigenvalue weighted by molar-refractivity contribution is 0.559. The predicted molar refractivity (Wildman–Crippen MR) is 81.9 cm³/mol. The van der Waals surface area contributed by atoms with Gasteiger partial charge in [0, 0.05) is 25.2 Å². The van der Waals surface area contributed by atoms with Gasteiger partial charge in [0.25, 0.3) is 0 Å². The summed E-state index contributed by atoms with van der Waals surface area (Å²) in [5, 5.41) is 7.83. The number of halogens is 2. The molecule has 2 aromatic rings. The first-order valence-corrected chi connectivity index (χ1v) is 7.64. The van der Waals surface area contributed by atoms with E-state index in [1.165, 1.54) is 6.07 Å². The van der Waals surface area contributed by atoms with Gasteiger partial charge in [-0.05, 0) is 35.3 Å². The molecule has 1 N–H and O–H groups in total. The van der Waals surface area contributed by atoms with Crippen LogP contribution in [0.3, 0.4) is 0 Å². The Morgan fingerprint density at radius 3 is 2.65 bits per heavy atom. The van der Waals surface area contributed by atoms with E-state index in [4.69, 9.17) is 0 Å². The average Bonchev–Trinajstić information content (AvgIpc) is 2.77. The Morgan fingerprint density at radius 2 is 2.00 bits per heavy atom. The maximum absolute atomic E-state index is 13.5. The number of aromatic nitrogens is 2. The van der Waals surface area contributed by atoms with Crippen LogP contribution in [0.1, 0.15) is 30.8 Å². The zero-order valence-corrected chi connectivity index (χ0v) is 13.4. The largest absolute Gasteiger partial charge is 0.307 e. The predicted octanol–water partition coefficient (Wildman–Crippen LogP) is 3.66. The number of benzene rings is 1. The third kappa shape index (κ3) is 3.27. The molecule has 3 nitrogen and oxygen atoms in total. The number of aryl methyl sites for hydroxylation is 2. The first-order chi connectivity index (χ1) is 9.67. The fourth-order valence-corrected chi connectivity index (χ4v) is 2.85. The fraction of sp³-hybridized carbons (Fsp3) is 0.400. The van der Waals surface area contributed by atoms with Gasteiger partial charge in [0.05, 0.1) is 15.9 Å². The van der Waals surface area contributed by atoms with Gasteiger partial charge in [-0.15, -0.1) is 0 Å². The molecule has 0 unspecified atom stereocenters. The Bertz CT molecular complexity index is 580. The van der Waals surface area contributed by atoms with Gasteiger partial charge in [0.1, 0.15) is 5.82 Å². The Hall–Kier alpha value is -1.20. The van der Waals surface area contributed by atoms with E-state index in [2.05, 4.69) is 40.2 Å². The second-order valence-corrected chi connectivity index (χ2v) is 5.36. The molecule has 0 radical (unpaired) electrons. The van der Waals surface area contributed by atoms with E-state index in [1.54, 1.807) is 12.1 Å². The van der Waals surface area contributed by atoms with Gasteiger partial charge in [0.15, 0.2) is 0 Å². The maximum atomic E-state index is 13.5. The monoisotopic (exact) mass is 339 g/mol. The quantitative estimate of drug-likeness (QED) is 0.870. The molecule has 1 heterocycles. The highest BCUT2D eigenvalue weighted by Gasteiger charge is 2.13. The summed E-state index contributed by atoms with van der Waals surface area (Å²) >= 11 is 3.61. The van der Waals surface area contributed by atoms with Crippen LogP contribution in [0.2, 0.25) is 0 Å². The van der Waals surface area contributed by atoms with E-state index in [-0.39, 0.29) is 5.82 Å². The summed E-state index contributed by atoms with van der Waals surface area (Å²) in [5.41, 5.74) is 2.86. The summed E-state index contributed by atoms with van der Waals surface area (Å²) in [6.45, 7) is 6.16. The van der Waals surface area contributed by atoms with Gasteiger partial charge in [0.2, 0.25) is 0 Å². The van der Waals surface area contributed by atoms with Gasteiger partial charge in [-0.1, -0.05) is 25.1 Å². The van der Waals surface area contributed by atoms with Crippen molar-refractivity contribution in [1.29, 1.82) is 0 Å². The lowest BCUT2D eigenvalue weighted by Gasteiger charge is -2.08. The van der Waals surface area contributed by atoms with Crippen molar-refractivity contribution in [2.75, 3.05) is 0 Å². The second kappa shape index (κ2) is 6.99. The normalized spacial score (nSPS) is 11.0. The van der Waals surface area contributed by atoms with Crippen LogP contribution in [0, 0.1) is 5.82 Å². The van der Waals surface area contributed by atoms with E-state index in [0.29, 0.717) is 18.7 Å². The molecule has 0 aliphatic heterocycles. The van der Waals surface area contributed by atoms with Crippen LogP contribution in [0.25, 0.3) is 0 Å². The Kier molecular flexibility index (Phi) is 5.31. The zero-order chi connectivity index (χ0) is 14.5. The highest BCUT2D eigenvalue weighted by atomic mass is 79.9. The van der Waals surface area contributed by atoms with Gasteiger partial charge >= 0.3 is 0 Å². The fourth-order valence-electron chi connectivity index (χ4n) is 2.14. The summed E-state index contributed by atoms with van der Waals surface area (Å²) in [7, 11) is 0. The molecule has 5 heteroatoms. The number of hydrogen-bond acceptors (Lipinski definition) is 2. The molecule has 0 saturated heterocycles. The molecular formula is C15H19BrFN3. The SMILES string of the molecule is CCc1nn(CC)c(CNCc2ccccc2F)c1Br. The van der Waals surface area contributed by atoms with Crippen molar-refractivity contribution in [3.8, 4) is 0 Å². The van der Waals surface area contributed by atoms with E-state index < -0.39 is 0 Å². The lowest BCUT2D eigenvalue weighted by Crippen LogP contribution is -2.17. The zero-order valence-electron chi connectivity index (χ0n) is 11.8. The summed E-state index contributed by atoms with van der Waals surface area (Å²) < 4.78 is 16.6. The molecule has 0 aliphatic rings. The minimum atomic E-state index is -0.169. The summed E-state index contributed by atoms with van der Waals surface area (Å²) in [5.74, 6) is -0.169. The van der Waals surface area contributed by atoms with Gasteiger partial charge < -0.3 is 5.32 Å². The number of hydrogen-bond donors (Lipinski definition) is 1. The lowest BCUT2D eigenvalue weighted by atomic mass is 10.2. The van der Waals surface area contributed by atoms with Crippen molar-refractivity contribution in [3.05, 3.63) is 51.5 Å². The van der Waals surface area contributed by atoms with Crippen molar-refractivity contribution in [2.24, 2.45) is 0 Å². The molecule has 0 spiro atoms. The van der Waals surface area contributed by atoms with Crippen LogP contribution in [-0.2, 0) is 26.1 Å². The Labute approximate surface area is 127 Å². The van der Waals surface area contributed by atoms with Crippen molar-refractivity contribution in [1.82, 2.24) is 15.1 Å². The molecule has 0 atom stereocenters. The summed E-state index contributed by atoms with van der Waals surface area (Å²) in [4.78, 5) is 0. The molecule has 0 saturated carbocycles. The van der Waals surface area contributed by atoms with E-state index in [9.17, 15) is 4.39 Å². The molecule has 0 aliphatic carbocycles. The van der Waals surface area contributed by atoms with Crippen LogP contribution in [-0.4, -0.2) is 9.78 Å². The van der Waals surface area contributed by atoms with E-state index >= 15 is 0 Å². The van der Waals surface area contributed by atoms with Crippen molar-refractivity contribution >= 4 is 15.9 Å². The first kappa shape index (κ1) is 15.2. The average molecular weight is 340 g/mol. The maximum Gasteiger partial charge on any atom is 0.127 e. The van der Waals surface area contributed by atoms with Crippen molar-refractivity contribution < 1.29 is 4.39 Å². The van der Waals surface area contributed by atoms with E-state index in [1.807, 2.05) is 10.7 Å². The molecule has 20 heavy (non-hydrogen) atoms. The third-order valence-corrected chi connectivity index (χ3v) is 4.18. The van der Waals surface area contributed by atoms with Crippen LogP contribution >= 0.6 is 15.9 Å². The van der Waals surface area contributed by atoms with Crippen LogP contribution in [0.5, 0.6) is 0 Å². The number of nitrogens with one attached hydrogen (secondary N) is 1. The number of nitrogens with zero attached hydrogens (tertiary/aromatic N) is 2. The molecule has 0 fully saturated rings. The van der Waals surface area contributed by atoms with Crippen LogP contribution < -0.4 is 5.32 Å². The molecule has 0 bridgehead atoms. The molecule has 1 aromatic carbocycles. The Balaban J connectivity index is 2.04. The minimum Gasteiger partial charge on any atom is -0.307 e. The van der Waals surface area contributed by atoms with E-state index in [0.717, 1.165) is 28.8 Å². The molecule has 0 amide bonds. The summed E-state index contributed by atoms with van der Waals surface area (Å²) in [6.07, 6.45) is 0.897. The second-order valence-electron chi connectivity index (χ2n) is 4.57. The van der Waals surface area contributed by atoms with Gasteiger partial charge in [-0.25, -0.2) is 4.39 Å². The summed E-state index contributed by atoms with van der Waals surface area (Å²) in [6, 6.07) is 6.83. The highest BCUT2D eigenvalue weighted by Crippen LogP contribution is 2.22. The van der Waals surface area contributed by atoms with Crippen LogP contribution in [0.4, 0.5) is 4.39 Å². The van der Waals surface area contributed by atoms with Gasteiger partial charge in [-0.2, -0.15) is 5.10 Å². The number of rotatable bonds is 6. The van der Waals surface area contributed by atoms with Crippen LogP contribution in [0.15, 0.2) is 28.7 Å². The smallest absolute Gasteiger partial charge is 0.127 e. The van der Waals surface area contributed by atoms with Crippen molar-refractivity contribution in [2.45, 2.75) is 39.9 Å². The molecule has 2 rings (SSSR count). The van der Waals surface area contributed by atoms with Gasteiger partial charge in [-0.3, -0.25) is 4.68 Å². The standard InChI is InChI=1S/C15H19BrFN3/c1-3-13-15(16)14(20(4-2)19-13)10-18-9-11-7-5-6-8-12(11)17/h5-8,18H,3-4,9-10H2,1-2H3. The first-order valence-electron chi connectivity index (χ1n) is 6.85. The van der Waals surface area contributed by atoms with Crippen molar-refractivity contribution in [3.63, 3.8) is 0 Å². The third-order valence-electron chi connectivity index (χ3n) is 3.26. The Morgan fingerprint density at radius 1 is 1.25 bits per heavy atom. The molecule has 108 valence electrons. The molecule has 1 aromatic heterocycles.